The molecular formula is C25H23N3O5. The second-order valence-corrected chi connectivity index (χ2v) is 7.18. The van der Waals surface area contributed by atoms with Gasteiger partial charge in [-0.2, -0.15) is 9.97 Å². The Morgan fingerprint density at radius 1 is 0.909 bits per heavy atom. The first kappa shape index (κ1) is 21.9. The van der Waals surface area contributed by atoms with Crippen molar-refractivity contribution < 1.29 is 24.1 Å². The summed E-state index contributed by atoms with van der Waals surface area (Å²) < 4.78 is 16.1. The molecule has 0 radical (unpaired) electrons. The number of methoxy groups -OCH3 is 3. The molecule has 0 fully saturated rings. The van der Waals surface area contributed by atoms with Crippen molar-refractivity contribution >= 4 is 22.7 Å². The summed E-state index contributed by atoms with van der Waals surface area (Å²) in [6, 6.07) is 18.5. The van der Waals surface area contributed by atoms with Crippen molar-refractivity contribution in [2.24, 2.45) is 0 Å². The minimum absolute atomic E-state index is 0.234. The molecule has 8 nitrogen and oxygen atoms in total. The fraction of sp³-hybridized carbons (Fsp3) is 0.160. The van der Waals surface area contributed by atoms with Crippen LogP contribution < -0.4 is 19.5 Å². The smallest absolute Gasteiger partial charge is 0.336 e. The Morgan fingerprint density at radius 2 is 1.61 bits per heavy atom. The minimum Gasteiger partial charge on any atom is -0.493 e. The predicted molar refractivity (Wildman–Crippen MR) is 125 cm³/mol. The van der Waals surface area contributed by atoms with Crippen LogP contribution in [0.15, 0.2) is 60.7 Å². The van der Waals surface area contributed by atoms with Crippen LogP contribution in [-0.2, 0) is 6.54 Å². The third-order valence-corrected chi connectivity index (χ3v) is 5.25. The van der Waals surface area contributed by atoms with E-state index in [2.05, 4.69) is 15.3 Å². The number of nitrogens with one attached hydrogen (secondary N) is 1. The molecule has 3 aromatic carbocycles. The van der Waals surface area contributed by atoms with Crippen LogP contribution in [0.3, 0.4) is 0 Å². The van der Waals surface area contributed by atoms with E-state index in [9.17, 15) is 9.90 Å². The van der Waals surface area contributed by atoms with Gasteiger partial charge in [-0.05, 0) is 28.8 Å². The standard InChI is InChI=1S/C25H23N3O5/c1-31-21-12-19-20(13-22(21)32-2)27-25(33-3)28-23(19)26-14-15-8-10-16(11-9-15)17-6-4-5-7-18(17)24(29)30/h4-13H,14H2,1-3H3,(H,29,30)(H,26,27,28). The van der Waals surface area contributed by atoms with E-state index >= 15 is 0 Å². The normalized spacial score (nSPS) is 10.6. The number of carboxylic acid groups (broad SMARTS) is 1. The van der Waals surface area contributed by atoms with Crippen molar-refractivity contribution in [2.45, 2.75) is 6.54 Å². The fourth-order valence-corrected chi connectivity index (χ4v) is 3.57. The molecular weight excluding hydrogens is 422 g/mol. The second-order valence-electron chi connectivity index (χ2n) is 7.18. The average Bonchev–Trinajstić information content (AvgIpc) is 2.86. The fourth-order valence-electron chi connectivity index (χ4n) is 3.57. The molecule has 2 N–H and O–H groups in total. The lowest BCUT2D eigenvalue weighted by Crippen LogP contribution is -2.05. The Kier molecular flexibility index (Phi) is 6.26. The van der Waals surface area contributed by atoms with Crippen LogP contribution in [-0.4, -0.2) is 42.4 Å². The number of rotatable bonds is 8. The molecule has 0 atom stereocenters. The topological polar surface area (TPSA) is 103 Å². The zero-order chi connectivity index (χ0) is 23.4. The molecule has 0 aliphatic rings. The van der Waals surface area contributed by atoms with Gasteiger partial charge in [0.25, 0.3) is 0 Å². The summed E-state index contributed by atoms with van der Waals surface area (Å²) in [5.41, 5.74) is 3.44. The number of anilines is 1. The van der Waals surface area contributed by atoms with Crippen LogP contribution in [0, 0.1) is 0 Å². The molecule has 33 heavy (non-hydrogen) atoms. The van der Waals surface area contributed by atoms with Gasteiger partial charge in [0, 0.05) is 18.0 Å². The SMILES string of the molecule is COc1nc(NCc2ccc(-c3ccccc3C(=O)O)cc2)c2cc(OC)c(OC)cc2n1. The van der Waals surface area contributed by atoms with E-state index in [0.29, 0.717) is 34.9 Å². The molecule has 168 valence electrons. The van der Waals surface area contributed by atoms with E-state index in [1.807, 2.05) is 36.4 Å². The van der Waals surface area contributed by atoms with E-state index in [1.54, 1.807) is 38.5 Å². The first-order valence-electron chi connectivity index (χ1n) is 10.2. The average molecular weight is 445 g/mol. The van der Waals surface area contributed by atoms with E-state index in [-0.39, 0.29) is 11.6 Å². The van der Waals surface area contributed by atoms with Gasteiger partial charge < -0.3 is 24.6 Å². The monoisotopic (exact) mass is 445 g/mol. The number of hydrogen-bond acceptors (Lipinski definition) is 7. The van der Waals surface area contributed by atoms with Crippen molar-refractivity contribution in [3.63, 3.8) is 0 Å². The maximum atomic E-state index is 11.5. The van der Waals surface area contributed by atoms with Crippen molar-refractivity contribution in [1.82, 2.24) is 9.97 Å². The highest BCUT2D eigenvalue weighted by molar-refractivity contribution is 5.96. The van der Waals surface area contributed by atoms with Gasteiger partial charge in [0.2, 0.25) is 0 Å². The van der Waals surface area contributed by atoms with E-state index in [4.69, 9.17) is 14.2 Å². The third-order valence-electron chi connectivity index (χ3n) is 5.25. The molecule has 0 saturated heterocycles. The van der Waals surface area contributed by atoms with Crippen molar-refractivity contribution in [2.75, 3.05) is 26.6 Å². The van der Waals surface area contributed by atoms with E-state index < -0.39 is 5.97 Å². The molecule has 0 aliphatic heterocycles. The van der Waals surface area contributed by atoms with Crippen molar-refractivity contribution in [3.8, 4) is 28.6 Å². The molecule has 4 rings (SSSR count). The second kappa shape index (κ2) is 9.44. The lowest BCUT2D eigenvalue weighted by atomic mass is 9.99. The maximum absolute atomic E-state index is 11.5. The van der Waals surface area contributed by atoms with Crippen LogP contribution in [0.25, 0.3) is 22.0 Å². The van der Waals surface area contributed by atoms with Crippen molar-refractivity contribution in [3.05, 3.63) is 71.8 Å². The van der Waals surface area contributed by atoms with Gasteiger partial charge in [-0.15, -0.1) is 0 Å². The Labute approximate surface area is 190 Å². The molecule has 0 bridgehead atoms. The number of carboxylic acids is 1. The predicted octanol–water partition coefficient (Wildman–Crippen LogP) is 4.63. The van der Waals surface area contributed by atoms with Crippen LogP contribution >= 0.6 is 0 Å². The Morgan fingerprint density at radius 3 is 2.27 bits per heavy atom. The summed E-state index contributed by atoms with van der Waals surface area (Å²) in [5.74, 6) is 0.781. The van der Waals surface area contributed by atoms with Gasteiger partial charge in [-0.3, -0.25) is 0 Å². The summed E-state index contributed by atoms with van der Waals surface area (Å²) in [7, 11) is 4.66. The molecule has 0 amide bonds. The highest BCUT2D eigenvalue weighted by Crippen LogP contribution is 2.35. The van der Waals surface area contributed by atoms with Gasteiger partial charge in [-0.25, -0.2) is 4.79 Å². The summed E-state index contributed by atoms with van der Waals surface area (Å²) in [4.78, 5) is 20.4. The highest BCUT2D eigenvalue weighted by Gasteiger charge is 2.14. The molecule has 4 aromatic rings. The van der Waals surface area contributed by atoms with Crippen LogP contribution in [0.5, 0.6) is 17.5 Å². The molecule has 0 aliphatic carbocycles. The Balaban J connectivity index is 1.61. The molecule has 1 heterocycles. The number of hydrogen-bond donors (Lipinski definition) is 2. The third kappa shape index (κ3) is 4.50. The maximum Gasteiger partial charge on any atom is 0.336 e. The van der Waals surface area contributed by atoms with E-state index in [0.717, 1.165) is 16.5 Å². The zero-order valence-electron chi connectivity index (χ0n) is 18.5. The molecule has 8 heteroatoms. The Bertz CT molecular complexity index is 1310. The molecule has 0 spiro atoms. The van der Waals surface area contributed by atoms with Gasteiger partial charge in [0.1, 0.15) is 5.82 Å². The summed E-state index contributed by atoms with van der Waals surface area (Å²) in [6.45, 7) is 0.491. The van der Waals surface area contributed by atoms with Crippen LogP contribution in [0.1, 0.15) is 15.9 Å². The summed E-state index contributed by atoms with van der Waals surface area (Å²) in [6.07, 6.45) is 0. The number of carbonyl (C=O) groups is 1. The summed E-state index contributed by atoms with van der Waals surface area (Å²) in [5, 5.41) is 13.5. The molecule has 1 aromatic heterocycles. The number of fused-ring (bicyclic) bond motifs is 1. The number of benzene rings is 3. The van der Waals surface area contributed by atoms with Crippen LogP contribution in [0.2, 0.25) is 0 Å². The largest absolute Gasteiger partial charge is 0.493 e. The molecule has 0 saturated carbocycles. The Hall–Kier alpha value is -4.33. The molecule has 0 unspecified atom stereocenters. The lowest BCUT2D eigenvalue weighted by Gasteiger charge is -2.14. The van der Waals surface area contributed by atoms with Crippen LogP contribution in [0.4, 0.5) is 5.82 Å². The number of ether oxygens (including phenoxy) is 3. The van der Waals surface area contributed by atoms with Crippen molar-refractivity contribution in [1.29, 1.82) is 0 Å². The van der Waals surface area contributed by atoms with Gasteiger partial charge in [0.05, 0.1) is 32.4 Å². The van der Waals surface area contributed by atoms with Gasteiger partial charge in [0.15, 0.2) is 11.5 Å². The minimum atomic E-state index is -0.951. The van der Waals surface area contributed by atoms with Gasteiger partial charge in [-0.1, -0.05) is 42.5 Å². The highest BCUT2D eigenvalue weighted by atomic mass is 16.5. The summed E-state index contributed by atoms with van der Waals surface area (Å²) >= 11 is 0. The zero-order valence-corrected chi connectivity index (χ0v) is 18.5. The first-order chi connectivity index (χ1) is 16.0. The first-order valence-corrected chi connectivity index (χ1v) is 10.2. The number of aromatic nitrogens is 2. The quantitative estimate of drug-likeness (QED) is 0.405. The van der Waals surface area contributed by atoms with Gasteiger partial charge >= 0.3 is 12.0 Å². The van der Waals surface area contributed by atoms with E-state index in [1.165, 1.54) is 7.11 Å². The lowest BCUT2D eigenvalue weighted by molar-refractivity contribution is 0.0697. The number of nitrogens with zero attached hydrogens (tertiary/aromatic N) is 2. The number of aromatic carboxylic acids is 1.